The van der Waals surface area contributed by atoms with E-state index in [2.05, 4.69) is 20.2 Å². The number of aromatic nitrogens is 3. The molecule has 4 heterocycles. The van der Waals surface area contributed by atoms with Crippen LogP contribution < -0.4 is 19.7 Å². The molecule has 1 saturated heterocycles. The van der Waals surface area contributed by atoms with E-state index >= 15 is 0 Å². The highest BCUT2D eigenvalue weighted by Crippen LogP contribution is 2.35. The number of hydrogen-bond acceptors (Lipinski definition) is 8. The monoisotopic (exact) mass is 433 g/mol. The predicted molar refractivity (Wildman–Crippen MR) is 123 cm³/mol. The minimum Gasteiger partial charge on any atom is -0.496 e. The molecule has 0 saturated carbocycles. The normalized spacial score (nSPS) is 16.2. The molecule has 3 aromatic rings. The van der Waals surface area contributed by atoms with Crippen LogP contribution in [0, 0.1) is 6.92 Å². The van der Waals surface area contributed by atoms with Gasteiger partial charge in [-0.1, -0.05) is 0 Å². The van der Waals surface area contributed by atoms with E-state index in [-0.39, 0.29) is 0 Å². The number of nitrogens with zero attached hydrogens (tertiary/aromatic N) is 4. The van der Waals surface area contributed by atoms with Crippen molar-refractivity contribution in [2.24, 2.45) is 0 Å². The van der Waals surface area contributed by atoms with Gasteiger partial charge in [-0.05, 0) is 49.6 Å². The third-order valence-electron chi connectivity index (χ3n) is 5.90. The van der Waals surface area contributed by atoms with E-state index in [1.807, 2.05) is 43.5 Å². The number of aryl methyl sites for hydroxylation is 1. The molecular weight excluding hydrogens is 406 g/mol. The Balaban J connectivity index is 1.41. The molecule has 166 valence electrons. The number of ether oxygens (including phenoxy) is 3. The molecule has 1 aromatic carbocycles. The summed E-state index contributed by atoms with van der Waals surface area (Å²) in [5, 5.41) is 3.32. The maximum Gasteiger partial charge on any atom is 0.229 e. The Kier molecular flexibility index (Phi) is 5.77. The third kappa shape index (κ3) is 4.18. The quantitative estimate of drug-likeness (QED) is 0.647. The van der Waals surface area contributed by atoms with Gasteiger partial charge in [-0.2, -0.15) is 4.98 Å². The van der Waals surface area contributed by atoms with Crippen molar-refractivity contribution in [3.63, 3.8) is 0 Å². The van der Waals surface area contributed by atoms with Crippen LogP contribution in [0.25, 0.3) is 11.1 Å². The number of fused-ring (bicyclic) bond motifs is 1. The van der Waals surface area contributed by atoms with Crippen molar-refractivity contribution in [3.05, 3.63) is 48.4 Å². The summed E-state index contributed by atoms with van der Waals surface area (Å²) < 4.78 is 17.0. The maximum atomic E-state index is 5.81. The van der Waals surface area contributed by atoms with Gasteiger partial charge in [-0.25, -0.2) is 4.98 Å². The molecule has 8 heteroatoms. The lowest BCUT2D eigenvalue weighted by Crippen LogP contribution is -2.44. The molecule has 0 bridgehead atoms. The van der Waals surface area contributed by atoms with Crippen molar-refractivity contribution in [1.82, 2.24) is 15.0 Å². The lowest BCUT2D eigenvalue weighted by atomic mass is 10.0. The highest BCUT2D eigenvalue weighted by molar-refractivity contribution is 5.74. The molecule has 2 aromatic heterocycles. The van der Waals surface area contributed by atoms with Gasteiger partial charge in [-0.3, -0.25) is 4.98 Å². The van der Waals surface area contributed by atoms with E-state index in [0.29, 0.717) is 18.6 Å². The molecule has 8 nitrogen and oxygen atoms in total. The summed E-state index contributed by atoms with van der Waals surface area (Å²) in [6, 6.07) is 10.4. The van der Waals surface area contributed by atoms with Crippen LogP contribution in [0.1, 0.15) is 18.5 Å². The summed E-state index contributed by atoms with van der Waals surface area (Å²) in [4.78, 5) is 15.9. The number of hydrogen-bond donors (Lipinski definition) is 1. The fourth-order valence-electron chi connectivity index (χ4n) is 4.29. The Bertz CT molecular complexity index is 1100. The topological polar surface area (TPSA) is 81.6 Å². The van der Waals surface area contributed by atoms with Crippen LogP contribution in [0.2, 0.25) is 0 Å². The molecule has 0 spiro atoms. The van der Waals surface area contributed by atoms with Crippen LogP contribution in [0.3, 0.4) is 0 Å². The zero-order valence-corrected chi connectivity index (χ0v) is 18.4. The molecule has 0 radical (unpaired) electrons. The van der Waals surface area contributed by atoms with Gasteiger partial charge in [0.1, 0.15) is 12.4 Å². The molecule has 0 atom stereocenters. The first kappa shape index (κ1) is 20.5. The molecule has 1 N–H and O–H groups in total. The van der Waals surface area contributed by atoms with Gasteiger partial charge in [0.2, 0.25) is 5.95 Å². The number of nitrogens with one attached hydrogen (secondary N) is 1. The SMILES string of the molecule is COc1cc(Nc2ncc3c(n2)N(C2CCOCC2)CCO3)ccc1-c1ccnc(C)c1. The van der Waals surface area contributed by atoms with E-state index in [1.165, 1.54) is 0 Å². The predicted octanol–water partition coefficient (Wildman–Crippen LogP) is 3.98. The largest absolute Gasteiger partial charge is 0.496 e. The van der Waals surface area contributed by atoms with Crippen molar-refractivity contribution in [2.45, 2.75) is 25.8 Å². The molecule has 2 aliphatic rings. The van der Waals surface area contributed by atoms with E-state index in [9.17, 15) is 0 Å². The lowest BCUT2D eigenvalue weighted by molar-refractivity contribution is 0.0825. The second kappa shape index (κ2) is 9.00. The Labute approximate surface area is 187 Å². The highest BCUT2D eigenvalue weighted by Gasteiger charge is 2.28. The Hall–Kier alpha value is -3.39. The molecular formula is C24H27N5O3. The zero-order valence-electron chi connectivity index (χ0n) is 18.4. The van der Waals surface area contributed by atoms with Crippen molar-refractivity contribution in [3.8, 4) is 22.6 Å². The minimum atomic E-state index is 0.414. The molecule has 5 rings (SSSR count). The van der Waals surface area contributed by atoms with E-state index in [1.54, 1.807) is 13.3 Å². The summed E-state index contributed by atoms with van der Waals surface area (Å²) >= 11 is 0. The maximum absolute atomic E-state index is 5.81. The highest BCUT2D eigenvalue weighted by atomic mass is 16.5. The first-order valence-electron chi connectivity index (χ1n) is 10.9. The Morgan fingerprint density at radius 2 is 1.97 bits per heavy atom. The van der Waals surface area contributed by atoms with E-state index in [4.69, 9.17) is 19.2 Å². The van der Waals surface area contributed by atoms with Gasteiger partial charge in [0.25, 0.3) is 0 Å². The zero-order chi connectivity index (χ0) is 21.9. The van der Waals surface area contributed by atoms with Gasteiger partial charge in [0.15, 0.2) is 11.6 Å². The smallest absolute Gasteiger partial charge is 0.229 e. The second-order valence-corrected chi connectivity index (χ2v) is 7.99. The second-order valence-electron chi connectivity index (χ2n) is 7.99. The van der Waals surface area contributed by atoms with Crippen LogP contribution in [-0.2, 0) is 4.74 Å². The lowest BCUT2D eigenvalue weighted by Gasteiger charge is -2.38. The van der Waals surface area contributed by atoms with Crippen molar-refractivity contribution < 1.29 is 14.2 Å². The van der Waals surface area contributed by atoms with Gasteiger partial charge >= 0.3 is 0 Å². The van der Waals surface area contributed by atoms with Gasteiger partial charge in [-0.15, -0.1) is 0 Å². The van der Waals surface area contributed by atoms with Crippen LogP contribution in [0.5, 0.6) is 11.5 Å². The van der Waals surface area contributed by atoms with Crippen molar-refractivity contribution in [1.29, 1.82) is 0 Å². The molecule has 32 heavy (non-hydrogen) atoms. The van der Waals surface area contributed by atoms with Crippen LogP contribution in [0.15, 0.2) is 42.7 Å². The summed E-state index contributed by atoms with van der Waals surface area (Å²) in [6.45, 7) is 5.02. The van der Waals surface area contributed by atoms with Crippen LogP contribution in [0.4, 0.5) is 17.5 Å². The summed E-state index contributed by atoms with van der Waals surface area (Å²) in [5.41, 5.74) is 3.89. The average Bonchev–Trinajstić information content (AvgIpc) is 2.84. The van der Waals surface area contributed by atoms with Gasteiger partial charge < -0.3 is 24.4 Å². The average molecular weight is 434 g/mol. The van der Waals surface area contributed by atoms with Crippen LogP contribution >= 0.6 is 0 Å². The van der Waals surface area contributed by atoms with Crippen molar-refractivity contribution >= 4 is 17.5 Å². The number of benzene rings is 1. The Morgan fingerprint density at radius 3 is 2.78 bits per heavy atom. The van der Waals surface area contributed by atoms with Gasteiger partial charge in [0.05, 0.1) is 19.9 Å². The first-order chi connectivity index (χ1) is 15.7. The summed E-state index contributed by atoms with van der Waals surface area (Å²) in [5.74, 6) is 2.87. The summed E-state index contributed by atoms with van der Waals surface area (Å²) in [7, 11) is 1.68. The molecule has 0 unspecified atom stereocenters. The van der Waals surface area contributed by atoms with Gasteiger partial charge in [0, 0.05) is 48.5 Å². The first-order valence-corrected chi connectivity index (χ1v) is 10.9. The van der Waals surface area contributed by atoms with Crippen LogP contribution in [-0.4, -0.2) is 54.5 Å². The molecule has 0 amide bonds. The van der Waals surface area contributed by atoms with Crippen molar-refractivity contribution in [2.75, 3.05) is 43.7 Å². The van der Waals surface area contributed by atoms with E-state index in [0.717, 1.165) is 72.4 Å². The molecule has 0 aliphatic carbocycles. The Morgan fingerprint density at radius 1 is 1.09 bits per heavy atom. The number of pyridine rings is 1. The standard InChI is InChI=1S/C24H27N5O3/c1-16-13-17(5-8-25-16)20-4-3-18(14-21(20)30-2)27-24-26-15-22-23(28-24)29(9-12-32-22)19-6-10-31-11-7-19/h3-5,8,13-15,19H,6-7,9-12H2,1-2H3,(H,26,27,28). The number of rotatable bonds is 5. The fourth-order valence-corrected chi connectivity index (χ4v) is 4.29. The fraction of sp³-hybridized carbons (Fsp3) is 0.375. The number of anilines is 3. The summed E-state index contributed by atoms with van der Waals surface area (Å²) in [6.07, 6.45) is 5.56. The van der Waals surface area contributed by atoms with E-state index < -0.39 is 0 Å². The number of methoxy groups -OCH3 is 1. The molecule has 2 aliphatic heterocycles. The third-order valence-corrected chi connectivity index (χ3v) is 5.90. The minimum absolute atomic E-state index is 0.414. The molecule has 1 fully saturated rings.